The van der Waals surface area contributed by atoms with E-state index in [1.54, 1.807) is 42.9 Å². The fourth-order valence-electron chi connectivity index (χ4n) is 1.36. The molecule has 7 nitrogen and oxygen atoms in total. The minimum absolute atomic E-state index is 0.0573. The van der Waals surface area contributed by atoms with Crippen molar-refractivity contribution in [1.29, 1.82) is 10.7 Å². The van der Waals surface area contributed by atoms with Gasteiger partial charge < -0.3 is 16.8 Å². The summed E-state index contributed by atoms with van der Waals surface area (Å²) in [6.07, 6.45) is 4.26. The maximum atomic E-state index is 8.28. The summed E-state index contributed by atoms with van der Waals surface area (Å²) >= 11 is 11.3. The summed E-state index contributed by atoms with van der Waals surface area (Å²) in [5.74, 6) is -0.0573. The highest BCUT2D eigenvalue weighted by Gasteiger charge is 2.08. The summed E-state index contributed by atoms with van der Waals surface area (Å²) in [5.41, 5.74) is 11.8. The number of rotatable bonds is 3. The van der Waals surface area contributed by atoms with E-state index in [9.17, 15) is 0 Å². The number of hydrogen-bond donors (Lipinski definition) is 4. The van der Waals surface area contributed by atoms with Crippen molar-refractivity contribution in [2.75, 3.05) is 0 Å². The molecule has 9 heteroatoms. The molecule has 0 saturated heterocycles. The largest absolute Gasteiger partial charge is 0.384 e. The molecule has 2 rings (SSSR count). The van der Waals surface area contributed by atoms with Crippen LogP contribution in [-0.2, 0) is 0 Å². The molecule has 2 heterocycles. The smallest absolute Gasteiger partial charge is 0.178 e. The number of nitrogens with two attached hydrogens (primary N) is 2. The van der Waals surface area contributed by atoms with Crippen molar-refractivity contribution in [1.82, 2.24) is 15.3 Å². The molecule has 0 amide bonds. The van der Waals surface area contributed by atoms with Gasteiger partial charge in [0.1, 0.15) is 22.3 Å². The van der Waals surface area contributed by atoms with Crippen LogP contribution in [0.2, 0.25) is 10.3 Å². The van der Waals surface area contributed by atoms with Crippen LogP contribution in [-0.4, -0.2) is 15.8 Å². The van der Waals surface area contributed by atoms with Crippen LogP contribution in [0, 0.1) is 16.9 Å². The van der Waals surface area contributed by atoms with Crippen molar-refractivity contribution in [3.63, 3.8) is 0 Å². The highest BCUT2D eigenvalue weighted by molar-refractivity contribution is 6.32. The Hall–Kier alpha value is -2.40. The van der Waals surface area contributed by atoms with Gasteiger partial charge in [0.05, 0.1) is 5.56 Å². The van der Waals surface area contributed by atoms with Crippen LogP contribution in [0.5, 0.6) is 0 Å². The molecule has 6 N–H and O–H groups in total. The third-order valence-electron chi connectivity index (χ3n) is 2.39. The van der Waals surface area contributed by atoms with Crippen LogP contribution in [0.25, 0.3) is 0 Å². The molecule has 0 saturated carbocycles. The Labute approximate surface area is 137 Å². The Balaban J connectivity index is 0.000000224. The normalized spacial score (nSPS) is 10.6. The van der Waals surface area contributed by atoms with E-state index in [1.807, 2.05) is 0 Å². The number of pyridine rings is 2. The number of nitriles is 1. The van der Waals surface area contributed by atoms with Crippen LogP contribution in [0.1, 0.15) is 17.3 Å². The lowest BCUT2D eigenvalue weighted by Crippen LogP contribution is -2.24. The van der Waals surface area contributed by atoms with E-state index >= 15 is 0 Å². The van der Waals surface area contributed by atoms with Crippen LogP contribution < -0.4 is 16.8 Å². The van der Waals surface area contributed by atoms with Crippen molar-refractivity contribution in [3.05, 3.63) is 58.1 Å². The van der Waals surface area contributed by atoms with E-state index in [0.717, 1.165) is 0 Å². The third kappa shape index (κ3) is 5.18. The molecule has 2 aromatic heterocycles. The number of nitrogens with one attached hydrogen (secondary N) is 2. The van der Waals surface area contributed by atoms with Gasteiger partial charge in [-0.1, -0.05) is 29.3 Å². The molecular formula is C13H13Cl2N7. The Kier molecular flexibility index (Phi) is 7.05. The van der Waals surface area contributed by atoms with Crippen molar-refractivity contribution in [2.24, 2.45) is 11.5 Å². The molecule has 0 bridgehead atoms. The standard InChI is InChI=1S/C7H7ClN4.C6H6ClN3/c8-6-5(2-1-3-11-6)7(10)12-4-9;7-5-4(6(8)9)2-1-3-10-5/h1-3,7,12H,10H2;1-3H,(H3,8,9). The molecule has 0 spiro atoms. The predicted molar refractivity (Wildman–Crippen MR) is 85.2 cm³/mol. The zero-order valence-corrected chi connectivity index (χ0v) is 12.8. The fraction of sp³-hybridized carbons (Fsp3) is 0.0769. The summed E-state index contributed by atoms with van der Waals surface area (Å²) in [4.78, 5) is 7.56. The third-order valence-corrected chi connectivity index (χ3v) is 3.01. The van der Waals surface area contributed by atoms with Gasteiger partial charge in [0, 0.05) is 18.0 Å². The Bertz CT molecular complexity index is 684. The second-order valence-electron chi connectivity index (χ2n) is 3.87. The van der Waals surface area contributed by atoms with Gasteiger partial charge in [-0.05, 0) is 18.2 Å². The van der Waals surface area contributed by atoms with E-state index in [2.05, 4.69) is 15.3 Å². The molecule has 0 aromatic carbocycles. The average Bonchev–Trinajstić information content (AvgIpc) is 2.48. The number of hydrogen-bond acceptors (Lipinski definition) is 6. The summed E-state index contributed by atoms with van der Waals surface area (Å²) < 4.78 is 0. The summed E-state index contributed by atoms with van der Waals surface area (Å²) in [7, 11) is 0. The quantitative estimate of drug-likeness (QED) is 0.168. The van der Waals surface area contributed by atoms with Gasteiger partial charge in [-0.25, -0.2) is 9.97 Å². The Morgan fingerprint density at radius 1 is 1.23 bits per heavy atom. The van der Waals surface area contributed by atoms with Crippen molar-refractivity contribution < 1.29 is 0 Å². The van der Waals surface area contributed by atoms with Crippen molar-refractivity contribution in [2.45, 2.75) is 6.17 Å². The van der Waals surface area contributed by atoms with Gasteiger partial charge in [-0.15, -0.1) is 0 Å². The van der Waals surface area contributed by atoms with Gasteiger partial charge in [-0.2, -0.15) is 5.26 Å². The number of nitrogen functional groups attached to an aromatic ring is 1. The number of aromatic nitrogens is 2. The molecule has 0 fully saturated rings. The van der Waals surface area contributed by atoms with Gasteiger partial charge in [-0.3, -0.25) is 5.41 Å². The van der Waals surface area contributed by atoms with Gasteiger partial charge in [0.25, 0.3) is 0 Å². The first-order valence-electron chi connectivity index (χ1n) is 5.93. The SMILES string of the molecule is N#CNC(N)c1cccnc1Cl.N=C(N)c1cccnc1Cl. The molecule has 114 valence electrons. The van der Waals surface area contributed by atoms with E-state index in [0.29, 0.717) is 16.3 Å². The number of halogens is 2. The molecular weight excluding hydrogens is 325 g/mol. The molecule has 0 aliphatic carbocycles. The summed E-state index contributed by atoms with van der Waals surface area (Å²) in [6, 6.07) is 6.75. The molecule has 1 unspecified atom stereocenters. The molecule has 0 aliphatic heterocycles. The monoisotopic (exact) mass is 337 g/mol. The second-order valence-corrected chi connectivity index (χ2v) is 4.59. The first-order chi connectivity index (χ1) is 10.5. The average molecular weight is 338 g/mol. The van der Waals surface area contributed by atoms with Gasteiger partial charge in [0.2, 0.25) is 0 Å². The number of nitrogens with zero attached hydrogens (tertiary/aromatic N) is 3. The van der Waals surface area contributed by atoms with Crippen molar-refractivity contribution in [3.8, 4) is 6.19 Å². The minimum atomic E-state index is -0.587. The van der Waals surface area contributed by atoms with Gasteiger partial charge >= 0.3 is 0 Å². The van der Waals surface area contributed by atoms with Crippen LogP contribution in [0.4, 0.5) is 0 Å². The molecule has 22 heavy (non-hydrogen) atoms. The van der Waals surface area contributed by atoms with Crippen LogP contribution >= 0.6 is 23.2 Å². The Morgan fingerprint density at radius 3 is 2.27 bits per heavy atom. The molecule has 1 atom stereocenters. The maximum Gasteiger partial charge on any atom is 0.178 e. The van der Waals surface area contributed by atoms with E-state index in [-0.39, 0.29) is 11.0 Å². The summed E-state index contributed by atoms with van der Waals surface area (Å²) in [6.45, 7) is 0. The second kappa shape index (κ2) is 8.79. The fourth-order valence-corrected chi connectivity index (χ4v) is 1.82. The Morgan fingerprint density at radius 2 is 1.82 bits per heavy atom. The van der Waals surface area contributed by atoms with Crippen LogP contribution in [0.15, 0.2) is 36.7 Å². The number of amidine groups is 1. The minimum Gasteiger partial charge on any atom is -0.384 e. The van der Waals surface area contributed by atoms with E-state index in [1.165, 1.54) is 0 Å². The first-order valence-corrected chi connectivity index (χ1v) is 6.68. The van der Waals surface area contributed by atoms with Crippen LogP contribution in [0.3, 0.4) is 0 Å². The highest BCUT2D eigenvalue weighted by atomic mass is 35.5. The lowest BCUT2D eigenvalue weighted by Gasteiger charge is -2.09. The zero-order valence-electron chi connectivity index (χ0n) is 11.3. The first kappa shape index (κ1) is 17.7. The topological polar surface area (TPSA) is 137 Å². The van der Waals surface area contributed by atoms with E-state index < -0.39 is 6.17 Å². The highest BCUT2D eigenvalue weighted by Crippen LogP contribution is 2.15. The summed E-state index contributed by atoms with van der Waals surface area (Å²) in [5, 5.41) is 18.3. The van der Waals surface area contributed by atoms with Crippen molar-refractivity contribution >= 4 is 29.0 Å². The molecule has 0 radical (unpaired) electrons. The lowest BCUT2D eigenvalue weighted by atomic mass is 10.2. The zero-order chi connectivity index (χ0) is 16.5. The predicted octanol–water partition coefficient (Wildman–Crippen LogP) is 1.78. The maximum absolute atomic E-state index is 8.28. The molecule has 2 aromatic rings. The van der Waals surface area contributed by atoms with E-state index in [4.69, 9.17) is 45.3 Å². The molecule has 0 aliphatic rings. The van der Waals surface area contributed by atoms with Gasteiger partial charge in [0.15, 0.2) is 6.19 Å². The lowest BCUT2D eigenvalue weighted by molar-refractivity contribution is 0.661.